The fourth-order valence-electron chi connectivity index (χ4n) is 7.38. The third kappa shape index (κ3) is 5.07. The molecule has 0 radical (unpaired) electrons. The van der Waals surface area contributed by atoms with Gasteiger partial charge in [-0.2, -0.15) is 0 Å². The van der Waals surface area contributed by atoms with Gasteiger partial charge in [0.05, 0.1) is 24.4 Å². The molecule has 5 rings (SSSR count). The molecular weight excluding hydrogens is 552 g/mol. The number of rotatable bonds is 8. The summed E-state index contributed by atoms with van der Waals surface area (Å²) in [4.78, 5) is 30.5. The van der Waals surface area contributed by atoms with E-state index in [1.807, 2.05) is 24.3 Å². The van der Waals surface area contributed by atoms with E-state index in [4.69, 9.17) is 18.6 Å². The Bertz CT molecular complexity index is 1300. The lowest BCUT2D eigenvalue weighted by Crippen LogP contribution is -2.55. The Kier molecular flexibility index (Phi) is 8.60. The predicted octanol–water partition coefficient (Wildman–Crippen LogP) is 7.19. The molecule has 2 aromatic rings. The van der Waals surface area contributed by atoms with Gasteiger partial charge in [0.25, 0.3) is 14.2 Å². The fourth-order valence-corrected chi connectivity index (χ4v) is 12.6. The maximum absolute atomic E-state index is 14.4. The van der Waals surface area contributed by atoms with E-state index >= 15 is 0 Å². The average Bonchev–Trinajstić information content (AvgIpc) is 3.30. The molecule has 9 nitrogen and oxygen atoms in total. The van der Waals surface area contributed by atoms with Gasteiger partial charge in [-0.05, 0) is 60.0 Å². The first-order chi connectivity index (χ1) is 20.0. The first-order valence-electron chi connectivity index (χ1n) is 15.1. The number of anilines is 2. The minimum Gasteiger partial charge on any atom is -0.540 e. The monoisotopic (exact) mass is 596 g/mol. The van der Waals surface area contributed by atoms with Gasteiger partial charge in [-0.1, -0.05) is 59.7 Å². The predicted molar refractivity (Wildman–Crippen MR) is 164 cm³/mol. The maximum Gasteiger partial charge on any atom is 0.414 e. The highest BCUT2D eigenvalue weighted by Gasteiger charge is 2.51. The molecule has 3 heterocycles. The van der Waals surface area contributed by atoms with E-state index in [1.165, 1.54) is 4.90 Å². The number of carbonyl (C=O) groups is 2. The number of nitrogens with zero attached hydrogens (tertiary/aromatic N) is 2. The number of methoxy groups -OCH3 is 1. The normalized spacial score (nSPS) is 22.2. The van der Waals surface area contributed by atoms with Gasteiger partial charge >= 0.3 is 6.09 Å². The molecule has 0 aromatic heterocycles. The number of carboxylic acid groups (broad SMARTS) is 1. The second kappa shape index (κ2) is 11.9. The summed E-state index contributed by atoms with van der Waals surface area (Å²) in [6.45, 7) is 13.7. The lowest BCUT2D eigenvalue weighted by atomic mass is 10.1. The number of carbonyl (C=O) groups excluding carboxylic acids is 1. The molecule has 3 aliphatic heterocycles. The van der Waals surface area contributed by atoms with Crippen LogP contribution in [0.15, 0.2) is 36.4 Å². The van der Waals surface area contributed by atoms with Gasteiger partial charge in [0, 0.05) is 18.4 Å². The van der Waals surface area contributed by atoms with Crippen LogP contribution in [0.4, 0.5) is 16.2 Å². The summed E-state index contributed by atoms with van der Waals surface area (Å²) in [7, 11) is -0.905. The topological polar surface area (TPSA) is 97.8 Å². The number of amides is 2. The van der Waals surface area contributed by atoms with Crippen molar-refractivity contribution in [3.63, 3.8) is 0 Å². The van der Waals surface area contributed by atoms with Gasteiger partial charge in [0.15, 0.2) is 18.3 Å². The van der Waals surface area contributed by atoms with Crippen molar-refractivity contribution >= 4 is 31.7 Å². The van der Waals surface area contributed by atoms with E-state index < -0.39 is 33.0 Å². The van der Waals surface area contributed by atoms with Crippen molar-refractivity contribution in [2.24, 2.45) is 0 Å². The number of ether oxygens (including phenoxy) is 3. The molecule has 3 aliphatic rings. The largest absolute Gasteiger partial charge is 0.540 e. The molecule has 2 unspecified atom stereocenters. The molecule has 1 fully saturated rings. The number of hydrogen-bond donors (Lipinski definition) is 1. The van der Waals surface area contributed by atoms with Crippen LogP contribution in [0.1, 0.15) is 76.7 Å². The zero-order valence-electron chi connectivity index (χ0n) is 25.8. The molecular formula is C32H44N2O7Si. The third-order valence-corrected chi connectivity index (χ3v) is 15.2. The second-order valence-corrected chi connectivity index (χ2v) is 17.9. The van der Waals surface area contributed by atoms with Gasteiger partial charge in [-0.15, -0.1) is 0 Å². The van der Waals surface area contributed by atoms with E-state index in [9.17, 15) is 14.7 Å². The van der Waals surface area contributed by atoms with Gasteiger partial charge in [0.2, 0.25) is 0 Å². The minimum absolute atomic E-state index is 0.227. The highest BCUT2D eigenvalue weighted by molar-refractivity contribution is 6.78. The van der Waals surface area contributed by atoms with Crippen LogP contribution in [-0.2, 0) is 15.9 Å². The molecule has 1 saturated heterocycles. The summed E-state index contributed by atoms with van der Waals surface area (Å²) in [5.74, 6) is 0.560. The standard InChI is InChI=1S/C32H44N2O7Si/c1-19(2)42(20(3)4,21(5)6)41-28-18-25-23(17-27(28)38-7)30(35)33-24-13-9-8-12-22(24)16-26(33)31(34(25)32(36)37)40-29-14-10-11-15-39-29/h8-9,12-13,17-21,26,29,31H,10-11,14-16H2,1-7H3,(H,36,37)/t26-,29?,31?/m0/s1. The van der Waals surface area contributed by atoms with Crippen molar-refractivity contribution in [3.05, 3.63) is 47.5 Å². The molecule has 0 bridgehead atoms. The zero-order valence-corrected chi connectivity index (χ0v) is 26.8. The Labute approximate surface area is 249 Å². The lowest BCUT2D eigenvalue weighted by molar-refractivity contribution is -0.190. The molecule has 3 atom stereocenters. The second-order valence-electron chi connectivity index (χ2n) is 12.5. The molecule has 1 N–H and O–H groups in total. The van der Waals surface area contributed by atoms with Crippen molar-refractivity contribution in [3.8, 4) is 11.5 Å². The quantitative estimate of drug-likeness (QED) is 0.322. The Morgan fingerprint density at radius 1 is 1.00 bits per heavy atom. The van der Waals surface area contributed by atoms with E-state index in [2.05, 4.69) is 41.5 Å². The SMILES string of the molecule is COc1cc2c(cc1O[Si](C(C)C)(C(C)C)C(C)C)N(C(=O)O)C(OC1CCCCO1)[C@@H]1Cc3ccccc3N1C2=O. The Morgan fingerprint density at radius 2 is 1.69 bits per heavy atom. The van der Waals surface area contributed by atoms with Gasteiger partial charge in [0.1, 0.15) is 5.75 Å². The minimum atomic E-state index is -2.45. The molecule has 0 saturated carbocycles. The van der Waals surface area contributed by atoms with Gasteiger partial charge in [-0.25, -0.2) is 9.69 Å². The first-order valence-corrected chi connectivity index (χ1v) is 17.3. The van der Waals surface area contributed by atoms with Crippen LogP contribution in [-0.4, -0.2) is 57.7 Å². The van der Waals surface area contributed by atoms with Gasteiger partial charge in [-0.3, -0.25) is 4.79 Å². The van der Waals surface area contributed by atoms with Crippen LogP contribution in [0.3, 0.4) is 0 Å². The first kappa shape index (κ1) is 30.4. The van der Waals surface area contributed by atoms with Crippen LogP contribution in [0.5, 0.6) is 11.5 Å². The summed E-state index contributed by atoms with van der Waals surface area (Å²) < 4.78 is 25.3. The highest BCUT2D eigenvalue weighted by atomic mass is 28.4. The Hall–Kier alpha value is -3.08. The van der Waals surface area contributed by atoms with Crippen molar-refractivity contribution < 1.29 is 33.3 Å². The van der Waals surface area contributed by atoms with E-state index in [-0.39, 0.29) is 33.8 Å². The highest BCUT2D eigenvalue weighted by Crippen LogP contribution is 2.49. The Morgan fingerprint density at radius 3 is 2.29 bits per heavy atom. The van der Waals surface area contributed by atoms with Crippen LogP contribution >= 0.6 is 0 Å². The number of fused-ring (bicyclic) bond motifs is 4. The fraction of sp³-hybridized carbons (Fsp3) is 0.562. The maximum atomic E-state index is 14.4. The summed E-state index contributed by atoms with van der Waals surface area (Å²) in [6, 6.07) is 10.4. The van der Waals surface area contributed by atoms with Crippen LogP contribution in [0, 0.1) is 0 Å². The van der Waals surface area contributed by atoms with Crippen molar-refractivity contribution in [1.82, 2.24) is 0 Å². The number of para-hydroxylation sites is 1. The molecule has 42 heavy (non-hydrogen) atoms. The third-order valence-electron chi connectivity index (χ3n) is 9.22. The van der Waals surface area contributed by atoms with Gasteiger partial charge < -0.3 is 28.6 Å². The summed E-state index contributed by atoms with van der Waals surface area (Å²) in [5, 5.41) is 10.8. The van der Waals surface area contributed by atoms with Crippen LogP contribution in [0.2, 0.25) is 16.6 Å². The van der Waals surface area contributed by atoms with E-state index in [0.717, 1.165) is 24.1 Å². The molecule has 0 aliphatic carbocycles. The van der Waals surface area contributed by atoms with E-state index in [0.29, 0.717) is 30.9 Å². The lowest BCUT2D eigenvalue weighted by Gasteiger charge is -2.42. The summed E-state index contributed by atoms with van der Waals surface area (Å²) in [6.07, 6.45) is 0.211. The van der Waals surface area contributed by atoms with Crippen molar-refractivity contribution in [2.75, 3.05) is 23.5 Å². The van der Waals surface area contributed by atoms with E-state index in [1.54, 1.807) is 24.1 Å². The number of benzene rings is 2. The molecule has 10 heteroatoms. The van der Waals surface area contributed by atoms with Crippen molar-refractivity contribution in [2.45, 2.75) is 102 Å². The molecule has 228 valence electrons. The zero-order chi connectivity index (χ0) is 30.3. The molecule has 2 amide bonds. The number of hydrogen-bond acceptors (Lipinski definition) is 6. The molecule has 0 spiro atoms. The van der Waals surface area contributed by atoms with Crippen molar-refractivity contribution in [1.29, 1.82) is 0 Å². The summed E-state index contributed by atoms with van der Waals surface area (Å²) >= 11 is 0. The van der Waals surface area contributed by atoms with Crippen LogP contribution < -0.4 is 19.0 Å². The molecule has 2 aromatic carbocycles. The average molecular weight is 597 g/mol. The summed E-state index contributed by atoms with van der Waals surface area (Å²) in [5.41, 5.74) is 3.02. The van der Waals surface area contributed by atoms with Crippen LogP contribution in [0.25, 0.3) is 0 Å². The Balaban J connectivity index is 1.70. The smallest absolute Gasteiger partial charge is 0.414 e.